The highest BCUT2D eigenvalue weighted by Crippen LogP contribution is 2.19. The molecule has 2 aromatic carbocycles. The number of piperazine rings is 1. The minimum atomic E-state index is 0.0352. The highest BCUT2D eigenvalue weighted by atomic mass is 16.2. The second kappa shape index (κ2) is 8.47. The summed E-state index contributed by atoms with van der Waals surface area (Å²) in [6.07, 6.45) is 4.04. The molecule has 6 rings (SSSR count). The molecule has 10 heteroatoms. The molecule has 3 aromatic heterocycles. The van der Waals surface area contributed by atoms with E-state index in [4.69, 9.17) is 4.98 Å². The van der Waals surface area contributed by atoms with E-state index in [9.17, 15) is 4.79 Å². The van der Waals surface area contributed by atoms with Gasteiger partial charge in [-0.25, -0.2) is 15.0 Å². The molecular weight excluding hydrogens is 430 g/mol. The largest absolute Gasteiger partial charge is 0.337 e. The molecule has 1 aliphatic rings. The molecule has 0 saturated carbocycles. The van der Waals surface area contributed by atoms with Gasteiger partial charge in [-0.3, -0.25) is 4.79 Å². The topological polar surface area (TPSA) is 105 Å². The minimum absolute atomic E-state index is 0.0352. The molecule has 0 atom stereocenters. The summed E-state index contributed by atoms with van der Waals surface area (Å²) in [7, 11) is 0. The van der Waals surface area contributed by atoms with Crippen LogP contribution in [-0.4, -0.2) is 72.0 Å². The summed E-state index contributed by atoms with van der Waals surface area (Å²) >= 11 is 0. The quantitative estimate of drug-likeness (QED) is 0.409. The fourth-order valence-electron chi connectivity index (χ4n) is 4.29. The van der Waals surface area contributed by atoms with Crippen molar-refractivity contribution < 1.29 is 4.79 Å². The number of hydrogen-bond acceptors (Lipinski definition) is 8. The van der Waals surface area contributed by atoms with Crippen LogP contribution < -0.4 is 4.90 Å². The summed E-state index contributed by atoms with van der Waals surface area (Å²) in [5, 5.41) is 12.1. The van der Waals surface area contributed by atoms with E-state index in [0.29, 0.717) is 49.8 Å². The maximum absolute atomic E-state index is 13.0. The van der Waals surface area contributed by atoms with E-state index in [2.05, 4.69) is 30.4 Å². The van der Waals surface area contributed by atoms with Crippen molar-refractivity contribution in [3.05, 3.63) is 83.8 Å². The molecule has 168 valence electrons. The Kier molecular flexibility index (Phi) is 5.02. The van der Waals surface area contributed by atoms with Crippen LogP contribution in [0.3, 0.4) is 0 Å². The number of amides is 1. The fourth-order valence-corrected chi connectivity index (χ4v) is 4.29. The van der Waals surface area contributed by atoms with Gasteiger partial charge in [-0.2, -0.15) is 4.52 Å². The molecule has 0 unspecified atom stereocenters. The summed E-state index contributed by atoms with van der Waals surface area (Å²) in [4.78, 5) is 30.4. The monoisotopic (exact) mass is 451 g/mol. The van der Waals surface area contributed by atoms with Crippen LogP contribution in [-0.2, 0) is 6.42 Å². The van der Waals surface area contributed by atoms with E-state index in [-0.39, 0.29) is 5.91 Å². The van der Waals surface area contributed by atoms with Crippen LogP contribution in [0.15, 0.2) is 67.0 Å². The lowest BCUT2D eigenvalue weighted by molar-refractivity contribution is 0.0746. The smallest absolute Gasteiger partial charge is 0.253 e. The number of nitrogens with zero attached hydrogens (tertiary/aromatic N) is 9. The summed E-state index contributed by atoms with van der Waals surface area (Å²) in [6, 6.07) is 17.3. The zero-order valence-electron chi connectivity index (χ0n) is 18.3. The van der Waals surface area contributed by atoms with Crippen molar-refractivity contribution in [1.29, 1.82) is 0 Å². The molecule has 0 spiro atoms. The number of benzene rings is 2. The van der Waals surface area contributed by atoms with Gasteiger partial charge in [-0.05, 0) is 46.3 Å². The Bertz CT molecular complexity index is 1460. The molecule has 0 bridgehead atoms. The Morgan fingerprint density at radius 1 is 0.882 bits per heavy atom. The highest BCUT2D eigenvalue weighted by molar-refractivity contribution is 5.94. The second-order valence-electron chi connectivity index (χ2n) is 8.16. The van der Waals surface area contributed by atoms with Gasteiger partial charge in [0.1, 0.15) is 0 Å². The Balaban J connectivity index is 1.16. The first-order valence-electron chi connectivity index (χ1n) is 11.1. The van der Waals surface area contributed by atoms with Gasteiger partial charge in [0.15, 0.2) is 0 Å². The van der Waals surface area contributed by atoms with Crippen LogP contribution >= 0.6 is 0 Å². The van der Waals surface area contributed by atoms with Gasteiger partial charge >= 0.3 is 0 Å². The number of hydrogen-bond donors (Lipinski definition) is 0. The molecule has 34 heavy (non-hydrogen) atoms. The molecule has 0 radical (unpaired) electrons. The molecule has 10 nitrogen and oxygen atoms in total. The van der Waals surface area contributed by atoms with Crippen molar-refractivity contribution in [3.8, 4) is 0 Å². The van der Waals surface area contributed by atoms with Gasteiger partial charge in [0, 0.05) is 50.6 Å². The third-order valence-electron chi connectivity index (χ3n) is 6.07. The zero-order chi connectivity index (χ0) is 22.9. The predicted molar refractivity (Wildman–Crippen MR) is 125 cm³/mol. The van der Waals surface area contributed by atoms with Gasteiger partial charge in [-0.15, -0.1) is 5.10 Å². The van der Waals surface area contributed by atoms with Crippen LogP contribution in [0.4, 0.5) is 5.95 Å². The van der Waals surface area contributed by atoms with Crippen molar-refractivity contribution >= 4 is 28.5 Å². The molecule has 1 amide bonds. The van der Waals surface area contributed by atoms with Crippen LogP contribution in [0.1, 0.15) is 21.6 Å². The van der Waals surface area contributed by atoms with E-state index in [1.165, 1.54) is 0 Å². The van der Waals surface area contributed by atoms with Gasteiger partial charge in [0.05, 0.1) is 16.7 Å². The lowest BCUT2D eigenvalue weighted by Gasteiger charge is -2.34. The Morgan fingerprint density at radius 3 is 2.44 bits per heavy atom. The number of tetrazole rings is 1. The molecule has 0 aliphatic carbocycles. The number of carbonyl (C=O) groups is 1. The molecule has 1 fully saturated rings. The summed E-state index contributed by atoms with van der Waals surface area (Å²) < 4.78 is 1.72. The van der Waals surface area contributed by atoms with Crippen LogP contribution in [0.2, 0.25) is 0 Å². The van der Waals surface area contributed by atoms with E-state index in [0.717, 1.165) is 22.3 Å². The first-order valence-corrected chi connectivity index (χ1v) is 11.1. The van der Waals surface area contributed by atoms with Gasteiger partial charge in [0.25, 0.3) is 5.91 Å². The van der Waals surface area contributed by atoms with Crippen molar-refractivity contribution in [3.63, 3.8) is 0 Å². The number of aromatic nitrogens is 7. The summed E-state index contributed by atoms with van der Waals surface area (Å²) in [5.74, 6) is 0.742. The highest BCUT2D eigenvalue weighted by Gasteiger charge is 2.23. The van der Waals surface area contributed by atoms with Gasteiger partial charge in [0.2, 0.25) is 11.6 Å². The Morgan fingerprint density at radius 2 is 1.65 bits per heavy atom. The summed E-state index contributed by atoms with van der Waals surface area (Å²) in [5.41, 5.74) is 4.85. The number of carbonyl (C=O) groups excluding carboxylic acids is 1. The normalized spacial score (nSPS) is 14.1. The van der Waals surface area contributed by atoms with Crippen molar-refractivity contribution in [2.75, 3.05) is 31.1 Å². The molecule has 1 aliphatic heterocycles. The Labute approximate surface area is 194 Å². The predicted octanol–water partition coefficient (Wildman–Crippen LogP) is 2.02. The van der Waals surface area contributed by atoms with Gasteiger partial charge < -0.3 is 9.80 Å². The van der Waals surface area contributed by atoms with E-state index in [1.807, 2.05) is 53.4 Å². The van der Waals surface area contributed by atoms with Crippen LogP contribution in [0.25, 0.3) is 16.7 Å². The average molecular weight is 451 g/mol. The lowest BCUT2D eigenvalue weighted by Crippen LogP contribution is -2.49. The second-order valence-corrected chi connectivity index (χ2v) is 8.16. The maximum atomic E-state index is 13.0. The first-order chi connectivity index (χ1) is 16.8. The number of anilines is 1. The molecule has 0 N–H and O–H groups in total. The van der Waals surface area contributed by atoms with E-state index >= 15 is 0 Å². The lowest BCUT2D eigenvalue weighted by atomic mass is 10.1. The van der Waals surface area contributed by atoms with Gasteiger partial charge in [-0.1, -0.05) is 24.3 Å². The van der Waals surface area contributed by atoms with Crippen molar-refractivity contribution in [1.82, 2.24) is 39.9 Å². The Hall–Kier alpha value is -4.47. The molecule has 5 aromatic rings. The number of fused-ring (bicyclic) bond motifs is 3. The summed E-state index contributed by atoms with van der Waals surface area (Å²) in [6.45, 7) is 2.70. The van der Waals surface area contributed by atoms with E-state index in [1.54, 1.807) is 23.0 Å². The standard InChI is InChI=1S/C24H21N9O/c34-23(31-12-14-32(15-13-31)24-25-10-3-11-26-24)18-8-6-17(7-9-18)16-20-22-28-29-30-33(22)21-5-2-1-4-19(21)27-20/h1-11H,12-16H2. The number of para-hydroxylation sites is 2. The maximum Gasteiger partial charge on any atom is 0.253 e. The van der Waals surface area contributed by atoms with Crippen LogP contribution in [0, 0.1) is 0 Å². The SMILES string of the molecule is O=C(c1ccc(Cc2nc3ccccc3n3nnnc23)cc1)N1CCN(c2ncccn2)CC1. The minimum Gasteiger partial charge on any atom is -0.337 e. The first kappa shape index (κ1) is 20.2. The molecule has 1 saturated heterocycles. The number of rotatable bonds is 4. The van der Waals surface area contributed by atoms with Crippen molar-refractivity contribution in [2.45, 2.75) is 6.42 Å². The van der Waals surface area contributed by atoms with Crippen LogP contribution in [0.5, 0.6) is 0 Å². The van der Waals surface area contributed by atoms with Crippen molar-refractivity contribution in [2.24, 2.45) is 0 Å². The van der Waals surface area contributed by atoms with E-state index < -0.39 is 0 Å². The zero-order valence-corrected chi connectivity index (χ0v) is 18.3. The third kappa shape index (κ3) is 3.68. The average Bonchev–Trinajstić information content (AvgIpc) is 3.40. The molecular formula is C24H21N9O. The third-order valence-corrected chi connectivity index (χ3v) is 6.07. The molecule has 4 heterocycles. The fraction of sp³-hybridized carbons (Fsp3) is 0.208.